The van der Waals surface area contributed by atoms with Gasteiger partial charge in [-0.05, 0) is 0 Å². The monoisotopic (exact) mass is 184 g/mol. The number of carboxylic acid groups (broad SMARTS) is 1. The third kappa shape index (κ3) is 1.74. The second kappa shape index (κ2) is 3.38. The average molecular weight is 184 g/mol. The van der Waals surface area contributed by atoms with Crippen molar-refractivity contribution in [3.63, 3.8) is 0 Å². The van der Waals surface area contributed by atoms with Gasteiger partial charge in [0.2, 0.25) is 0 Å². The molecular formula is C8H8O5. The van der Waals surface area contributed by atoms with Gasteiger partial charge >= 0.3 is 5.97 Å². The van der Waals surface area contributed by atoms with Gasteiger partial charge in [0.05, 0.1) is 18.6 Å². The first-order chi connectivity index (χ1) is 6.06. The van der Waals surface area contributed by atoms with Crippen LogP contribution in [0.5, 0.6) is 0 Å². The van der Waals surface area contributed by atoms with E-state index in [1.807, 2.05) is 0 Å². The minimum atomic E-state index is -1.26. The normalized spacial score (nSPS) is 26.5. The van der Waals surface area contributed by atoms with Crippen molar-refractivity contribution < 1.29 is 24.6 Å². The Hall–Kier alpha value is -1.65. The van der Waals surface area contributed by atoms with Crippen molar-refractivity contribution in [3.8, 4) is 0 Å². The summed E-state index contributed by atoms with van der Waals surface area (Å²) >= 11 is 0. The van der Waals surface area contributed by atoms with E-state index in [2.05, 4.69) is 0 Å². The molecule has 1 rings (SSSR count). The van der Waals surface area contributed by atoms with Crippen molar-refractivity contribution in [2.45, 2.75) is 12.8 Å². The van der Waals surface area contributed by atoms with Crippen molar-refractivity contribution in [2.75, 3.05) is 0 Å². The van der Waals surface area contributed by atoms with Gasteiger partial charge in [-0.3, -0.25) is 14.4 Å². The minimum Gasteiger partial charge on any atom is -0.515 e. The molecule has 0 aromatic carbocycles. The zero-order valence-electron chi connectivity index (χ0n) is 6.69. The summed E-state index contributed by atoms with van der Waals surface area (Å²) in [6.07, 6.45) is -0.0444. The molecule has 0 amide bonds. The molecule has 0 heterocycles. The Morgan fingerprint density at radius 3 is 2.54 bits per heavy atom. The number of aliphatic hydroxyl groups excluding tert-OH is 1. The number of aliphatic hydroxyl groups is 1. The van der Waals surface area contributed by atoms with Crippen molar-refractivity contribution >= 4 is 17.5 Å². The number of rotatable bonds is 1. The van der Waals surface area contributed by atoms with Gasteiger partial charge < -0.3 is 10.2 Å². The number of aliphatic carboxylic acids is 1. The van der Waals surface area contributed by atoms with Crippen LogP contribution in [0.3, 0.4) is 0 Å². The first kappa shape index (κ1) is 9.44. The summed E-state index contributed by atoms with van der Waals surface area (Å²) in [7, 11) is 0. The highest BCUT2D eigenvalue weighted by Crippen LogP contribution is 2.24. The van der Waals surface area contributed by atoms with E-state index in [0.29, 0.717) is 6.26 Å². The van der Waals surface area contributed by atoms with Gasteiger partial charge in [0.1, 0.15) is 5.78 Å². The quantitative estimate of drug-likeness (QED) is 0.341. The summed E-state index contributed by atoms with van der Waals surface area (Å²) < 4.78 is 0. The lowest BCUT2D eigenvalue weighted by molar-refractivity contribution is -0.145. The van der Waals surface area contributed by atoms with Crippen LogP contribution >= 0.6 is 0 Å². The van der Waals surface area contributed by atoms with E-state index in [0.717, 1.165) is 0 Å². The van der Waals surface area contributed by atoms with Crippen molar-refractivity contribution in [1.29, 1.82) is 0 Å². The van der Waals surface area contributed by atoms with E-state index >= 15 is 0 Å². The fourth-order valence-corrected chi connectivity index (χ4v) is 1.27. The van der Waals surface area contributed by atoms with E-state index in [9.17, 15) is 14.4 Å². The molecule has 0 spiro atoms. The highest BCUT2D eigenvalue weighted by atomic mass is 16.4. The molecule has 0 saturated heterocycles. The van der Waals surface area contributed by atoms with E-state index in [1.165, 1.54) is 0 Å². The van der Waals surface area contributed by atoms with Gasteiger partial charge in [0.25, 0.3) is 0 Å². The lowest BCUT2D eigenvalue weighted by Crippen LogP contribution is -2.31. The Morgan fingerprint density at radius 2 is 2.08 bits per heavy atom. The molecule has 2 N–H and O–H groups in total. The maximum absolute atomic E-state index is 11.0. The molecule has 0 aromatic rings. The summed E-state index contributed by atoms with van der Waals surface area (Å²) in [5.74, 6) is -3.45. The molecule has 1 saturated carbocycles. The number of Topliss-reactive ketones (excluding diaryl/α,β-unsaturated/α-hetero) is 2. The Kier molecular flexibility index (Phi) is 2.46. The van der Waals surface area contributed by atoms with E-state index in [1.54, 1.807) is 0 Å². The summed E-state index contributed by atoms with van der Waals surface area (Å²) in [4.78, 5) is 32.5. The van der Waals surface area contributed by atoms with E-state index < -0.39 is 23.5 Å². The Labute approximate surface area is 73.7 Å². The van der Waals surface area contributed by atoms with Crippen LogP contribution < -0.4 is 0 Å². The molecule has 5 heteroatoms. The van der Waals surface area contributed by atoms with Gasteiger partial charge in [-0.1, -0.05) is 0 Å². The number of carbonyl (C=O) groups excluding carboxylic acids is 2. The summed E-state index contributed by atoms with van der Waals surface area (Å²) in [6.45, 7) is 0. The molecule has 1 aliphatic rings. The molecule has 1 unspecified atom stereocenters. The molecule has 1 atom stereocenters. The maximum Gasteiger partial charge on any atom is 0.311 e. The number of hydrogen-bond acceptors (Lipinski definition) is 4. The summed E-state index contributed by atoms with van der Waals surface area (Å²) in [6, 6.07) is 0. The van der Waals surface area contributed by atoms with Crippen LogP contribution in [0.25, 0.3) is 0 Å². The largest absolute Gasteiger partial charge is 0.515 e. The fourth-order valence-electron chi connectivity index (χ4n) is 1.27. The number of carbonyl (C=O) groups is 3. The van der Waals surface area contributed by atoms with Gasteiger partial charge in [-0.2, -0.15) is 0 Å². The maximum atomic E-state index is 11.0. The molecule has 0 aromatic heterocycles. The van der Waals surface area contributed by atoms with Crippen LogP contribution in [-0.4, -0.2) is 27.7 Å². The lowest BCUT2D eigenvalue weighted by atomic mass is 9.83. The van der Waals surface area contributed by atoms with E-state index in [4.69, 9.17) is 10.2 Å². The summed E-state index contributed by atoms with van der Waals surface area (Å²) in [5.41, 5.74) is -0.188. The van der Waals surface area contributed by atoms with Crippen LogP contribution in [0.1, 0.15) is 12.8 Å². The molecule has 1 aliphatic carbocycles. The standard InChI is InChI=1S/C8H8O5/c9-3-6-5(8(12)13)1-4(10)2-7(6)11/h3,5,9H,1-2H2,(H,12,13). The van der Waals surface area contributed by atoms with Crippen LogP contribution in [-0.2, 0) is 14.4 Å². The number of hydrogen-bond donors (Lipinski definition) is 2. The fraction of sp³-hybridized carbons (Fsp3) is 0.375. The molecule has 0 bridgehead atoms. The van der Waals surface area contributed by atoms with E-state index in [-0.39, 0.29) is 18.4 Å². The molecule has 5 nitrogen and oxygen atoms in total. The Bertz CT molecular complexity index is 302. The van der Waals surface area contributed by atoms with Crippen LogP contribution in [0.2, 0.25) is 0 Å². The minimum absolute atomic E-state index is 0.188. The molecule has 1 fully saturated rings. The predicted octanol–water partition coefficient (Wildman–Crippen LogP) is 0.0611. The van der Waals surface area contributed by atoms with Crippen molar-refractivity contribution in [2.24, 2.45) is 5.92 Å². The van der Waals surface area contributed by atoms with Crippen LogP contribution in [0, 0.1) is 5.92 Å². The predicted molar refractivity (Wildman–Crippen MR) is 41.1 cm³/mol. The highest BCUT2D eigenvalue weighted by molar-refractivity contribution is 6.13. The van der Waals surface area contributed by atoms with Crippen LogP contribution in [0.15, 0.2) is 11.8 Å². The van der Waals surface area contributed by atoms with Gasteiger partial charge in [0, 0.05) is 12.0 Å². The molecular weight excluding hydrogens is 176 g/mol. The average Bonchev–Trinajstić information content (AvgIpc) is 2.02. The Morgan fingerprint density at radius 1 is 1.46 bits per heavy atom. The number of carboxylic acids is 1. The molecule has 0 aliphatic heterocycles. The zero-order chi connectivity index (χ0) is 10.0. The third-order valence-electron chi connectivity index (χ3n) is 1.92. The second-order valence-corrected chi connectivity index (χ2v) is 2.82. The first-order valence-corrected chi connectivity index (χ1v) is 3.68. The Balaban J connectivity index is 2.98. The van der Waals surface area contributed by atoms with Gasteiger partial charge in [-0.25, -0.2) is 0 Å². The molecule has 70 valence electrons. The first-order valence-electron chi connectivity index (χ1n) is 3.68. The molecule has 13 heavy (non-hydrogen) atoms. The smallest absolute Gasteiger partial charge is 0.311 e. The number of ketones is 2. The van der Waals surface area contributed by atoms with Crippen molar-refractivity contribution in [1.82, 2.24) is 0 Å². The van der Waals surface area contributed by atoms with Crippen LogP contribution in [0.4, 0.5) is 0 Å². The topological polar surface area (TPSA) is 91.7 Å². The van der Waals surface area contributed by atoms with Gasteiger partial charge in [0.15, 0.2) is 5.78 Å². The third-order valence-corrected chi connectivity index (χ3v) is 1.92. The highest BCUT2D eigenvalue weighted by Gasteiger charge is 2.35. The SMILES string of the molecule is O=C1CC(=O)C(=CO)C(C(=O)O)C1. The summed E-state index contributed by atoms with van der Waals surface area (Å²) in [5, 5.41) is 17.2. The molecule has 0 radical (unpaired) electrons. The lowest BCUT2D eigenvalue weighted by Gasteiger charge is -2.18. The second-order valence-electron chi connectivity index (χ2n) is 2.82. The van der Waals surface area contributed by atoms with Crippen molar-refractivity contribution in [3.05, 3.63) is 11.8 Å². The zero-order valence-corrected chi connectivity index (χ0v) is 6.69. The van der Waals surface area contributed by atoms with Gasteiger partial charge in [-0.15, -0.1) is 0 Å².